The number of amides is 2. The Hall–Kier alpha value is -3.50. The number of hydrogen-bond acceptors (Lipinski definition) is 8. The number of aromatic nitrogens is 5. The third-order valence-electron chi connectivity index (χ3n) is 5.10. The summed E-state index contributed by atoms with van der Waals surface area (Å²) in [6.45, 7) is 6.08. The van der Waals surface area contributed by atoms with Gasteiger partial charge in [-0.3, -0.25) is 14.3 Å². The van der Waals surface area contributed by atoms with Gasteiger partial charge in [0.05, 0.1) is 24.6 Å². The molecule has 2 unspecified atom stereocenters. The predicted octanol–water partition coefficient (Wildman–Crippen LogP) is 0.569. The van der Waals surface area contributed by atoms with Crippen LogP contribution in [0.2, 0.25) is 0 Å². The van der Waals surface area contributed by atoms with Gasteiger partial charge in [0.15, 0.2) is 11.5 Å². The Morgan fingerprint density at radius 3 is 2.62 bits per heavy atom. The number of primary amides is 1. The fraction of sp³-hybridized carbons (Fsp3) is 0.444. The molecule has 0 radical (unpaired) electrons. The normalized spacial score (nSPS) is 19.1. The molecule has 1 aliphatic heterocycles. The lowest BCUT2D eigenvalue weighted by Crippen LogP contribution is -2.32. The van der Waals surface area contributed by atoms with Crippen LogP contribution in [0.3, 0.4) is 0 Å². The zero-order valence-electron chi connectivity index (χ0n) is 16.3. The molecule has 4 heterocycles. The summed E-state index contributed by atoms with van der Waals surface area (Å²) in [5, 5.41) is 12.0. The maximum absolute atomic E-state index is 13.2. The molecule has 2 amide bonds. The van der Waals surface area contributed by atoms with Gasteiger partial charge in [-0.05, 0) is 26.3 Å². The van der Waals surface area contributed by atoms with Crippen molar-refractivity contribution in [2.45, 2.75) is 33.2 Å². The van der Waals surface area contributed by atoms with Crippen LogP contribution in [-0.4, -0.2) is 54.9 Å². The molecule has 1 fully saturated rings. The molecule has 1 saturated heterocycles. The first-order valence-corrected chi connectivity index (χ1v) is 9.16. The van der Waals surface area contributed by atoms with E-state index in [2.05, 4.69) is 20.4 Å². The molecule has 2 N–H and O–H groups in total. The monoisotopic (exact) mass is 399 g/mol. The second kappa shape index (κ2) is 7.15. The minimum atomic E-state index is -0.621. The second-order valence-electron chi connectivity index (χ2n) is 7.29. The smallest absolute Gasteiger partial charge is 0.276 e. The van der Waals surface area contributed by atoms with E-state index < -0.39 is 17.7 Å². The van der Waals surface area contributed by atoms with Crippen LogP contribution in [0.15, 0.2) is 21.4 Å². The summed E-state index contributed by atoms with van der Waals surface area (Å²) in [6, 6.07) is 0. The van der Waals surface area contributed by atoms with E-state index in [0.717, 1.165) is 5.56 Å². The maximum Gasteiger partial charge on any atom is 0.276 e. The van der Waals surface area contributed by atoms with Crippen LogP contribution in [0.4, 0.5) is 0 Å². The summed E-state index contributed by atoms with van der Waals surface area (Å²) >= 11 is 0. The first-order chi connectivity index (χ1) is 13.8. The maximum atomic E-state index is 13.2. The standard InChI is InChI=1S/C18H21N7O4/c1-9-4-20-25(5-9)8-12-10(2)28-23-15(12)18(27)24-6-13(16(19)26)14(7-24)17-21-11(3)22-29-17/h4-5,13-14H,6-8H2,1-3H3,(H2,19,26). The molecule has 3 aromatic rings. The van der Waals surface area contributed by atoms with Crippen LogP contribution >= 0.6 is 0 Å². The Labute approximate surface area is 165 Å². The van der Waals surface area contributed by atoms with E-state index in [1.807, 2.05) is 13.1 Å². The zero-order valence-corrected chi connectivity index (χ0v) is 16.3. The molecular formula is C18H21N7O4. The highest BCUT2D eigenvalue weighted by Gasteiger charge is 2.43. The first-order valence-electron chi connectivity index (χ1n) is 9.16. The number of likely N-dealkylation sites (tertiary alicyclic amines) is 1. The van der Waals surface area contributed by atoms with Gasteiger partial charge < -0.3 is 19.7 Å². The Morgan fingerprint density at radius 2 is 2.00 bits per heavy atom. The van der Waals surface area contributed by atoms with E-state index >= 15 is 0 Å². The minimum absolute atomic E-state index is 0.145. The van der Waals surface area contributed by atoms with E-state index in [1.54, 1.807) is 24.7 Å². The van der Waals surface area contributed by atoms with Crippen LogP contribution in [-0.2, 0) is 11.3 Å². The van der Waals surface area contributed by atoms with Crippen molar-refractivity contribution in [2.75, 3.05) is 13.1 Å². The lowest BCUT2D eigenvalue weighted by molar-refractivity contribution is -0.121. The number of rotatable bonds is 5. The SMILES string of the molecule is Cc1cnn(Cc2c(C(=O)N3CC(C(N)=O)C(c4nc(C)no4)C3)noc2C)c1. The molecule has 0 saturated carbocycles. The number of hydrogen-bond donors (Lipinski definition) is 1. The van der Waals surface area contributed by atoms with Gasteiger partial charge in [0.25, 0.3) is 5.91 Å². The minimum Gasteiger partial charge on any atom is -0.369 e. The lowest BCUT2D eigenvalue weighted by Gasteiger charge is -2.15. The Bertz CT molecular complexity index is 1070. The fourth-order valence-corrected chi connectivity index (χ4v) is 3.58. The summed E-state index contributed by atoms with van der Waals surface area (Å²) in [6.07, 6.45) is 3.60. The number of nitrogens with zero attached hydrogens (tertiary/aromatic N) is 6. The van der Waals surface area contributed by atoms with Crippen LogP contribution < -0.4 is 5.73 Å². The van der Waals surface area contributed by atoms with Gasteiger partial charge in [0.1, 0.15) is 5.76 Å². The van der Waals surface area contributed by atoms with E-state index in [9.17, 15) is 9.59 Å². The third kappa shape index (κ3) is 3.50. The fourth-order valence-electron chi connectivity index (χ4n) is 3.58. The predicted molar refractivity (Wildman–Crippen MR) is 97.7 cm³/mol. The van der Waals surface area contributed by atoms with Crippen molar-refractivity contribution in [1.82, 2.24) is 30.0 Å². The molecule has 0 aromatic carbocycles. The highest BCUT2D eigenvalue weighted by atomic mass is 16.5. The first kappa shape index (κ1) is 18.8. The van der Waals surface area contributed by atoms with E-state index in [1.165, 1.54) is 4.90 Å². The number of nitrogens with two attached hydrogens (primary N) is 1. The molecule has 11 nitrogen and oxygen atoms in total. The average Bonchev–Trinajstić information content (AvgIpc) is 3.43. The van der Waals surface area contributed by atoms with Crippen molar-refractivity contribution in [3.63, 3.8) is 0 Å². The average molecular weight is 399 g/mol. The molecule has 4 rings (SSSR count). The largest absolute Gasteiger partial charge is 0.369 e. The van der Waals surface area contributed by atoms with Crippen molar-refractivity contribution in [3.05, 3.63) is 46.7 Å². The van der Waals surface area contributed by atoms with Gasteiger partial charge in [0.2, 0.25) is 11.8 Å². The summed E-state index contributed by atoms with van der Waals surface area (Å²) in [4.78, 5) is 30.9. The second-order valence-corrected chi connectivity index (χ2v) is 7.29. The van der Waals surface area contributed by atoms with Crippen LogP contribution in [0.5, 0.6) is 0 Å². The van der Waals surface area contributed by atoms with Gasteiger partial charge in [-0.15, -0.1) is 0 Å². The molecule has 0 spiro atoms. The number of carbonyl (C=O) groups excluding carboxylic acids is 2. The highest BCUT2D eigenvalue weighted by molar-refractivity contribution is 5.94. The third-order valence-corrected chi connectivity index (χ3v) is 5.10. The molecule has 2 atom stereocenters. The topological polar surface area (TPSA) is 146 Å². The highest BCUT2D eigenvalue weighted by Crippen LogP contribution is 2.33. The van der Waals surface area contributed by atoms with E-state index in [4.69, 9.17) is 14.8 Å². The van der Waals surface area contributed by atoms with Crippen LogP contribution in [0.1, 0.15) is 45.0 Å². The van der Waals surface area contributed by atoms with E-state index in [0.29, 0.717) is 29.6 Å². The number of aryl methyl sites for hydroxylation is 3. The van der Waals surface area contributed by atoms with Crippen LogP contribution in [0.25, 0.3) is 0 Å². The van der Waals surface area contributed by atoms with Gasteiger partial charge >= 0.3 is 0 Å². The Balaban J connectivity index is 1.59. The summed E-state index contributed by atoms with van der Waals surface area (Å²) < 4.78 is 12.2. The van der Waals surface area contributed by atoms with Gasteiger partial charge in [-0.2, -0.15) is 10.1 Å². The summed E-state index contributed by atoms with van der Waals surface area (Å²) in [5.74, 6) is -0.652. The molecule has 3 aromatic heterocycles. The molecule has 0 bridgehead atoms. The molecule has 29 heavy (non-hydrogen) atoms. The zero-order chi connectivity index (χ0) is 20.7. The van der Waals surface area contributed by atoms with Gasteiger partial charge in [0, 0.05) is 24.8 Å². The van der Waals surface area contributed by atoms with Crippen LogP contribution in [0, 0.1) is 26.7 Å². The lowest BCUT2D eigenvalue weighted by atomic mass is 9.95. The van der Waals surface area contributed by atoms with Gasteiger partial charge in [-0.25, -0.2) is 0 Å². The van der Waals surface area contributed by atoms with E-state index in [-0.39, 0.29) is 24.7 Å². The molecular weight excluding hydrogens is 378 g/mol. The Morgan fingerprint density at radius 1 is 1.21 bits per heavy atom. The summed E-state index contributed by atoms with van der Waals surface area (Å²) in [5.41, 5.74) is 7.41. The number of carbonyl (C=O) groups is 2. The Kier molecular flexibility index (Phi) is 4.65. The quantitative estimate of drug-likeness (QED) is 0.655. The molecule has 11 heteroatoms. The van der Waals surface area contributed by atoms with Gasteiger partial charge in [-0.1, -0.05) is 10.3 Å². The van der Waals surface area contributed by atoms with Crippen molar-refractivity contribution in [3.8, 4) is 0 Å². The van der Waals surface area contributed by atoms with Crippen molar-refractivity contribution < 1.29 is 18.6 Å². The molecule has 1 aliphatic rings. The van der Waals surface area contributed by atoms with Crippen molar-refractivity contribution in [2.24, 2.45) is 11.7 Å². The van der Waals surface area contributed by atoms with Crippen molar-refractivity contribution >= 4 is 11.8 Å². The molecule has 0 aliphatic carbocycles. The molecule has 152 valence electrons. The summed E-state index contributed by atoms with van der Waals surface area (Å²) in [7, 11) is 0. The van der Waals surface area contributed by atoms with Crippen molar-refractivity contribution in [1.29, 1.82) is 0 Å².